The van der Waals surface area contributed by atoms with Gasteiger partial charge in [-0.25, -0.2) is 0 Å². The maximum Gasteiger partial charge on any atom is 0.0499 e. The summed E-state index contributed by atoms with van der Waals surface area (Å²) in [5.41, 5.74) is 2.60. The molecule has 1 nitrogen and oxygen atoms in total. The molecule has 28 heavy (non-hydrogen) atoms. The van der Waals surface area contributed by atoms with Gasteiger partial charge < -0.3 is 5.11 Å². The highest BCUT2D eigenvalue weighted by atomic mass is 16.3. The quantitative estimate of drug-likeness (QED) is 0.477. The van der Waals surface area contributed by atoms with Crippen LogP contribution in [-0.2, 0) is 0 Å². The van der Waals surface area contributed by atoms with Crippen LogP contribution in [0.5, 0.6) is 0 Å². The van der Waals surface area contributed by atoms with Crippen LogP contribution in [0.4, 0.5) is 0 Å². The lowest BCUT2D eigenvalue weighted by atomic mass is 9.53. The number of rotatable bonds is 6. The molecule has 3 fully saturated rings. The zero-order chi connectivity index (χ0) is 20.1. The molecule has 0 amide bonds. The van der Waals surface area contributed by atoms with Crippen LogP contribution < -0.4 is 0 Å². The van der Waals surface area contributed by atoms with Crippen molar-refractivity contribution in [2.24, 2.45) is 52.3 Å². The zero-order valence-corrected chi connectivity index (χ0v) is 19.3. The SMILES string of the molecule is CC(C)CCCC(C)C1CCC2C3C(CO)C4=CCCCC4(C)C3CCC12C. The smallest absolute Gasteiger partial charge is 0.0499 e. The zero-order valence-electron chi connectivity index (χ0n) is 19.3. The molecule has 0 saturated heterocycles. The molecule has 1 N–H and O–H groups in total. The van der Waals surface area contributed by atoms with E-state index in [1.807, 2.05) is 0 Å². The van der Waals surface area contributed by atoms with Gasteiger partial charge in [-0.1, -0.05) is 65.5 Å². The first-order chi connectivity index (χ1) is 13.3. The van der Waals surface area contributed by atoms with Gasteiger partial charge in [-0.15, -0.1) is 0 Å². The molecule has 0 aromatic heterocycles. The van der Waals surface area contributed by atoms with Gasteiger partial charge in [-0.2, -0.15) is 0 Å². The summed E-state index contributed by atoms with van der Waals surface area (Å²) in [5.74, 6) is 5.54. The second-order valence-corrected chi connectivity index (χ2v) is 12.1. The van der Waals surface area contributed by atoms with E-state index >= 15 is 0 Å². The monoisotopic (exact) mass is 386 g/mol. The van der Waals surface area contributed by atoms with E-state index in [1.54, 1.807) is 5.57 Å². The molecule has 0 heterocycles. The molecule has 8 atom stereocenters. The van der Waals surface area contributed by atoms with Crippen LogP contribution in [-0.4, -0.2) is 11.7 Å². The highest BCUT2D eigenvalue weighted by molar-refractivity contribution is 5.30. The summed E-state index contributed by atoms with van der Waals surface area (Å²) in [7, 11) is 0. The lowest BCUT2D eigenvalue weighted by Crippen LogP contribution is -2.45. The van der Waals surface area contributed by atoms with Crippen LogP contribution in [0.2, 0.25) is 0 Å². The van der Waals surface area contributed by atoms with Gasteiger partial charge in [0.1, 0.15) is 0 Å². The van der Waals surface area contributed by atoms with Gasteiger partial charge in [-0.3, -0.25) is 0 Å². The minimum atomic E-state index is 0.393. The summed E-state index contributed by atoms with van der Waals surface area (Å²) in [6, 6.07) is 0. The van der Waals surface area contributed by atoms with E-state index in [2.05, 4.69) is 40.7 Å². The summed E-state index contributed by atoms with van der Waals surface area (Å²) in [5, 5.41) is 10.5. The minimum Gasteiger partial charge on any atom is -0.396 e. The molecule has 160 valence electrons. The van der Waals surface area contributed by atoms with Crippen molar-refractivity contribution in [1.29, 1.82) is 0 Å². The fraction of sp³-hybridized carbons (Fsp3) is 0.926. The number of hydrogen-bond donors (Lipinski definition) is 1. The van der Waals surface area contributed by atoms with Crippen molar-refractivity contribution < 1.29 is 5.11 Å². The van der Waals surface area contributed by atoms with Gasteiger partial charge in [0.05, 0.1) is 0 Å². The van der Waals surface area contributed by atoms with Crippen LogP contribution in [0, 0.1) is 52.3 Å². The van der Waals surface area contributed by atoms with E-state index in [0.29, 0.717) is 23.4 Å². The van der Waals surface area contributed by atoms with Crippen LogP contribution in [0.25, 0.3) is 0 Å². The first-order valence-electron chi connectivity index (χ1n) is 12.6. The Bertz CT molecular complexity index is 591. The first kappa shape index (κ1) is 21.0. The number of aliphatic hydroxyl groups is 1. The predicted molar refractivity (Wildman–Crippen MR) is 119 cm³/mol. The second-order valence-electron chi connectivity index (χ2n) is 12.1. The van der Waals surface area contributed by atoms with E-state index in [1.165, 1.54) is 64.2 Å². The number of hydrogen-bond acceptors (Lipinski definition) is 1. The number of aliphatic hydroxyl groups excluding tert-OH is 1. The molecule has 0 aromatic carbocycles. The highest BCUT2D eigenvalue weighted by Crippen LogP contribution is 2.71. The molecule has 4 aliphatic carbocycles. The molecule has 0 bridgehead atoms. The molecule has 1 heteroatoms. The molecule has 8 unspecified atom stereocenters. The molecular formula is C27H46O. The summed E-state index contributed by atoms with van der Waals surface area (Å²) in [6.45, 7) is 12.9. The number of fused-ring (bicyclic) bond motifs is 5. The molecule has 3 saturated carbocycles. The van der Waals surface area contributed by atoms with E-state index in [-0.39, 0.29) is 0 Å². The highest BCUT2D eigenvalue weighted by Gasteiger charge is 2.63. The van der Waals surface area contributed by atoms with E-state index < -0.39 is 0 Å². The average molecular weight is 387 g/mol. The number of allylic oxidation sites excluding steroid dienone is 1. The van der Waals surface area contributed by atoms with Gasteiger partial charge in [0, 0.05) is 12.5 Å². The van der Waals surface area contributed by atoms with Gasteiger partial charge in [0.15, 0.2) is 0 Å². The molecule has 4 rings (SSSR count). The average Bonchev–Trinajstić information content (AvgIpc) is 3.12. The third-order valence-electron chi connectivity index (χ3n) is 10.3. The lowest BCUT2D eigenvalue weighted by molar-refractivity contribution is -0.0331. The van der Waals surface area contributed by atoms with Crippen molar-refractivity contribution >= 4 is 0 Å². The van der Waals surface area contributed by atoms with Gasteiger partial charge >= 0.3 is 0 Å². The van der Waals surface area contributed by atoms with Crippen molar-refractivity contribution in [2.75, 3.05) is 6.61 Å². The maximum atomic E-state index is 10.5. The molecule has 4 aliphatic rings. The third-order valence-corrected chi connectivity index (χ3v) is 10.3. The van der Waals surface area contributed by atoms with Crippen molar-refractivity contribution in [3.8, 4) is 0 Å². The first-order valence-corrected chi connectivity index (χ1v) is 12.6. The largest absolute Gasteiger partial charge is 0.396 e. The van der Waals surface area contributed by atoms with Crippen LogP contribution in [0.15, 0.2) is 11.6 Å². The Hall–Kier alpha value is -0.300. The van der Waals surface area contributed by atoms with Crippen molar-refractivity contribution in [2.45, 2.75) is 98.8 Å². The van der Waals surface area contributed by atoms with Crippen molar-refractivity contribution in [3.63, 3.8) is 0 Å². The van der Waals surface area contributed by atoms with E-state index in [9.17, 15) is 5.11 Å². The lowest BCUT2D eigenvalue weighted by Gasteiger charge is -2.51. The topological polar surface area (TPSA) is 20.2 Å². The standard InChI is InChI=1S/C27H46O/c1-18(2)9-8-10-19(3)21-12-13-23-25-20(17-28)22-11-6-7-15-26(22,4)24(25)14-16-27(21,23)5/h11,18-21,23-25,28H,6-10,12-17H2,1-5H3. The Kier molecular flexibility index (Phi) is 5.80. The summed E-state index contributed by atoms with van der Waals surface area (Å²) >= 11 is 0. The molecule has 0 spiro atoms. The minimum absolute atomic E-state index is 0.393. The fourth-order valence-corrected chi connectivity index (χ4v) is 9.03. The van der Waals surface area contributed by atoms with Gasteiger partial charge in [0.25, 0.3) is 0 Å². The molecule has 0 aromatic rings. The van der Waals surface area contributed by atoms with E-state index in [0.717, 1.165) is 35.5 Å². The van der Waals surface area contributed by atoms with Crippen LogP contribution >= 0.6 is 0 Å². The Morgan fingerprint density at radius 1 is 1.04 bits per heavy atom. The fourth-order valence-electron chi connectivity index (χ4n) is 9.03. The maximum absolute atomic E-state index is 10.5. The van der Waals surface area contributed by atoms with Gasteiger partial charge in [-0.05, 0) is 91.3 Å². The molecule has 0 radical (unpaired) electrons. The molecular weight excluding hydrogens is 340 g/mol. The van der Waals surface area contributed by atoms with Crippen LogP contribution in [0.1, 0.15) is 98.8 Å². The second kappa shape index (κ2) is 7.75. The summed E-state index contributed by atoms with van der Waals surface area (Å²) < 4.78 is 0. The predicted octanol–water partition coefficient (Wildman–Crippen LogP) is 7.25. The Labute approximate surface area is 174 Å². The van der Waals surface area contributed by atoms with E-state index in [4.69, 9.17) is 0 Å². The third kappa shape index (κ3) is 3.14. The summed E-state index contributed by atoms with van der Waals surface area (Å²) in [4.78, 5) is 0. The van der Waals surface area contributed by atoms with Crippen molar-refractivity contribution in [1.82, 2.24) is 0 Å². The van der Waals surface area contributed by atoms with Gasteiger partial charge in [0.2, 0.25) is 0 Å². The Balaban J connectivity index is 1.55. The normalized spacial score (nSPS) is 46.1. The molecule has 0 aliphatic heterocycles. The summed E-state index contributed by atoms with van der Waals surface area (Å²) in [6.07, 6.45) is 16.5. The van der Waals surface area contributed by atoms with Crippen molar-refractivity contribution in [3.05, 3.63) is 11.6 Å². The van der Waals surface area contributed by atoms with Crippen LogP contribution in [0.3, 0.4) is 0 Å². The Morgan fingerprint density at radius 3 is 2.54 bits per heavy atom. The Morgan fingerprint density at radius 2 is 1.82 bits per heavy atom.